The van der Waals surface area contributed by atoms with Crippen LogP contribution in [0.5, 0.6) is 0 Å². The Bertz CT molecular complexity index is 925. The number of aryl methyl sites for hydroxylation is 1. The Hall–Kier alpha value is -2.06. The van der Waals surface area contributed by atoms with E-state index in [1.54, 1.807) is 11.3 Å². The van der Waals surface area contributed by atoms with Crippen LogP contribution in [0.1, 0.15) is 55.1 Å². The van der Waals surface area contributed by atoms with Crippen molar-refractivity contribution in [3.05, 3.63) is 28.9 Å². The summed E-state index contributed by atoms with van der Waals surface area (Å²) in [7, 11) is 0. The number of rotatable bonds is 5. The van der Waals surface area contributed by atoms with E-state index in [2.05, 4.69) is 35.4 Å². The lowest BCUT2D eigenvalue weighted by atomic mass is 9.79. The molecule has 0 aromatic carbocycles. The number of hydrogen-bond acceptors (Lipinski definition) is 7. The second kappa shape index (κ2) is 5.74. The van der Waals surface area contributed by atoms with Crippen LogP contribution in [0.3, 0.4) is 0 Å². The number of fused-ring (bicyclic) bond motifs is 1. The SMILES string of the molecule is Cc1nc(NC2CC(c3nnc(CO)n3C3CC3)C2)c2sccc2n1. The number of aliphatic hydroxyl groups is 1. The molecule has 2 N–H and O–H groups in total. The minimum Gasteiger partial charge on any atom is -0.388 e. The first kappa shape index (κ1) is 15.2. The van der Waals surface area contributed by atoms with Crippen molar-refractivity contribution in [1.82, 2.24) is 24.7 Å². The van der Waals surface area contributed by atoms with E-state index in [1.165, 1.54) is 12.8 Å². The van der Waals surface area contributed by atoms with E-state index >= 15 is 0 Å². The molecule has 0 amide bonds. The summed E-state index contributed by atoms with van der Waals surface area (Å²) in [5.41, 5.74) is 1.01. The normalized spacial score (nSPS) is 23.0. The standard InChI is InChI=1S/C17H20N6OS/c1-9-18-13-4-5-25-15(13)16(19-9)20-11-6-10(7-11)17-22-21-14(8-24)23(17)12-2-3-12/h4-5,10-12,24H,2-3,6-8H2,1H3,(H,18,19,20). The van der Waals surface area contributed by atoms with Crippen molar-refractivity contribution in [3.63, 3.8) is 0 Å². The maximum Gasteiger partial charge on any atom is 0.159 e. The van der Waals surface area contributed by atoms with Crippen LogP contribution in [0.4, 0.5) is 5.82 Å². The fraction of sp³-hybridized carbons (Fsp3) is 0.529. The van der Waals surface area contributed by atoms with Crippen LogP contribution in [0.15, 0.2) is 11.4 Å². The van der Waals surface area contributed by atoms with E-state index in [0.717, 1.165) is 40.5 Å². The molecule has 0 atom stereocenters. The Labute approximate surface area is 149 Å². The molecular formula is C17H20N6OS. The highest BCUT2D eigenvalue weighted by molar-refractivity contribution is 7.17. The Balaban J connectivity index is 1.32. The van der Waals surface area contributed by atoms with Crippen LogP contribution >= 0.6 is 11.3 Å². The molecule has 25 heavy (non-hydrogen) atoms. The quantitative estimate of drug-likeness (QED) is 0.731. The molecule has 0 radical (unpaired) electrons. The molecule has 3 aromatic rings. The summed E-state index contributed by atoms with van der Waals surface area (Å²) in [5, 5.41) is 23.7. The zero-order valence-electron chi connectivity index (χ0n) is 14.0. The average Bonchev–Trinajstić information content (AvgIpc) is 3.13. The summed E-state index contributed by atoms with van der Waals surface area (Å²) in [5.74, 6) is 3.91. The van der Waals surface area contributed by atoms with Gasteiger partial charge in [-0.3, -0.25) is 0 Å². The van der Waals surface area contributed by atoms with Gasteiger partial charge in [0.15, 0.2) is 5.82 Å². The number of anilines is 1. The van der Waals surface area contributed by atoms with E-state index in [1.807, 2.05) is 13.0 Å². The number of aromatic nitrogens is 5. The molecule has 0 unspecified atom stereocenters. The first-order valence-corrected chi connectivity index (χ1v) is 9.64. The van der Waals surface area contributed by atoms with Gasteiger partial charge in [-0.05, 0) is 44.1 Å². The fourth-order valence-corrected chi connectivity index (χ4v) is 4.46. The van der Waals surface area contributed by atoms with Crippen molar-refractivity contribution in [2.75, 3.05) is 5.32 Å². The molecule has 3 heterocycles. The molecule has 130 valence electrons. The maximum absolute atomic E-state index is 9.49. The first-order chi connectivity index (χ1) is 12.2. The maximum atomic E-state index is 9.49. The molecule has 5 rings (SSSR count). The number of hydrogen-bond donors (Lipinski definition) is 2. The molecular weight excluding hydrogens is 336 g/mol. The second-order valence-corrected chi connectivity index (χ2v) is 7.91. The minimum absolute atomic E-state index is 0.0333. The van der Waals surface area contributed by atoms with Crippen LogP contribution < -0.4 is 5.32 Å². The lowest BCUT2D eigenvalue weighted by Gasteiger charge is -2.35. The molecule has 3 aromatic heterocycles. The lowest BCUT2D eigenvalue weighted by molar-refractivity contribution is 0.262. The van der Waals surface area contributed by atoms with Gasteiger partial charge < -0.3 is 15.0 Å². The van der Waals surface area contributed by atoms with Crippen LogP contribution in [-0.2, 0) is 6.61 Å². The largest absolute Gasteiger partial charge is 0.388 e. The topological polar surface area (TPSA) is 88.8 Å². The third-order valence-corrected chi connectivity index (χ3v) is 6.02. The van der Waals surface area contributed by atoms with Gasteiger partial charge in [0.2, 0.25) is 0 Å². The highest BCUT2D eigenvalue weighted by atomic mass is 32.1. The molecule has 0 spiro atoms. The predicted octanol–water partition coefficient (Wildman–Crippen LogP) is 2.78. The van der Waals surface area contributed by atoms with Gasteiger partial charge in [-0.15, -0.1) is 21.5 Å². The van der Waals surface area contributed by atoms with Crippen molar-refractivity contribution in [2.45, 2.75) is 57.2 Å². The van der Waals surface area contributed by atoms with Gasteiger partial charge in [0, 0.05) is 18.0 Å². The van der Waals surface area contributed by atoms with Crippen molar-refractivity contribution < 1.29 is 5.11 Å². The van der Waals surface area contributed by atoms with Gasteiger partial charge in [-0.1, -0.05) is 0 Å². The summed E-state index contributed by atoms with van der Waals surface area (Å²) in [6.45, 7) is 1.90. The summed E-state index contributed by atoms with van der Waals surface area (Å²) in [6, 6.07) is 2.93. The van der Waals surface area contributed by atoms with Gasteiger partial charge >= 0.3 is 0 Å². The molecule has 2 saturated carbocycles. The summed E-state index contributed by atoms with van der Waals surface area (Å²) < 4.78 is 3.30. The Morgan fingerprint density at radius 1 is 1.28 bits per heavy atom. The van der Waals surface area contributed by atoms with Crippen LogP contribution in [0, 0.1) is 6.92 Å². The second-order valence-electron chi connectivity index (χ2n) is 7.00. The molecule has 2 fully saturated rings. The Kier molecular flexibility index (Phi) is 3.49. The van der Waals surface area contributed by atoms with Gasteiger partial charge in [-0.2, -0.15) is 0 Å². The zero-order chi connectivity index (χ0) is 17.0. The first-order valence-electron chi connectivity index (χ1n) is 8.76. The van der Waals surface area contributed by atoms with E-state index in [-0.39, 0.29) is 6.61 Å². The summed E-state index contributed by atoms with van der Waals surface area (Å²) in [4.78, 5) is 9.06. The third kappa shape index (κ3) is 2.60. The molecule has 2 aliphatic carbocycles. The van der Waals surface area contributed by atoms with Gasteiger partial charge in [-0.25, -0.2) is 9.97 Å². The lowest BCUT2D eigenvalue weighted by Crippen LogP contribution is -2.35. The number of nitrogens with zero attached hydrogens (tertiary/aromatic N) is 5. The van der Waals surface area contributed by atoms with Crippen LogP contribution in [0.25, 0.3) is 10.2 Å². The Morgan fingerprint density at radius 2 is 2.12 bits per heavy atom. The molecule has 2 aliphatic rings. The van der Waals surface area contributed by atoms with Crippen molar-refractivity contribution in [1.29, 1.82) is 0 Å². The summed E-state index contributed by atoms with van der Waals surface area (Å²) in [6.07, 6.45) is 4.38. The third-order valence-electron chi connectivity index (χ3n) is 5.11. The Morgan fingerprint density at radius 3 is 2.88 bits per heavy atom. The fourth-order valence-electron chi connectivity index (χ4n) is 3.67. The van der Waals surface area contributed by atoms with Crippen molar-refractivity contribution >= 4 is 27.4 Å². The highest BCUT2D eigenvalue weighted by Crippen LogP contribution is 2.43. The van der Waals surface area contributed by atoms with Crippen LogP contribution in [-0.4, -0.2) is 35.9 Å². The molecule has 0 saturated heterocycles. The van der Waals surface area contributed by atoms with E-state index in [9.17, 15) is 5.11 Å². The molecule has 7 nitrogen and oxygen atoms in total. The number of nitrogens with one attached hydrogen (secondary N) is 1. The number of thiophene rings is 1. The van der Waals surface area contributed by atoms with Crippen LogP contribution in [0.2, 0.25) is 0 Å². The average molecular weight is 356 g/mol. The predicted molar refractivity (Wildman–Crippen MR) is 95.8 cm³/mol. The highest BCUT2D eigenvalue weighted by Gasteiger charge is 2.38. The molecule has 8 heteroatoms. The monoisotopic (exact) mass is 356 g/mol. The van der Waals surface area contributed by atoms with Gasteiger partial charge in [0.25, 0.3) is 0 Å². The zero-order valence-corrected chi connectivity index (χ0v) is 14.8. The van der Waals surface area contributed by atoms with E-state index in [4.69, 9.17) is 0 Å². The van der Waals surface area contributed by atoms with E-state index in [0.29, 0.717) is 23.8 Å². The molecule has 0 aliphatic heterocycles. The van der Waals surface area contributed by atoms with Gasteiger partial charge in [0.05, 0.1) is 10.2 Å². The summed E-state index contributed by atoms with van der Waals surface area (Å²) >= 11 is 1.68. The van der Waals surface area contributed by atoms with Crippen molar-refractivity contribution in [2.24, 2.45) is 0 Å². The number of aliphatic hydroxyl groups excluding tert-OH is 1. The smallest absolute Gasteiger partial charge is 0.159 e. The minimum atomic E-state index is -0.0333. The molecule has 0 bridgehead atoms. The van der Waals surface area contributed by atoms with Gasteiger partial charge in [0.1, 0.15) is 24.1 Å². The van der Waals surface area contributed by atoms with E-state index < -0.39 is 0 Å². The van der Waals surface area contributed by atoms with Crippen molar-refractivity contribution in [3.8, 4) is 0 Å².